The molecule has 0 aliphatic carbocycles. The van der Waals surface area contributed by atoms with E-state index in [1.165, 1.54) is 13.1 Å². The Morgan fingerprint density at radius 1 is 1.36 bits per heavy atom. The largest absolute Gasteiger partial charge is 0.449 e. The number of pyridine rings is 1. The van der Waals surface area contributed by atoms with E-state index in [1.54, 1.807) is 36.0 Å². The van der Waals surface area contributed by atoms with Crippen LogP contribution >= 0.6 is 23.4 Å². The Morgan fingerprint density at radius 3 is 2.89 bits per heavy atom. The maximum Gasteiger partial charge on any atom is 0.340 e. The summed E-state index contributed by atoms with van der Waals surface area (Å²) in [4.78, 5) is 29.7. The molecule has 148 valence electrons. The molecule has 1 aromatic heterocycles. The summed E-state index contributed by atoms with van der Waals surface area (Å²) < 4.78 is 11.0. The van der Waals surface area contributed by atoms with Crippen molar-refractivity contribution in [1.82, 2.24) is 4.98 Å². The van der Waals surface area contributed by atoms with Gasteiger partial charge in [0.15, 0.2) is 6.10 Å². The van der Waals surface area contributed by atoms with Crippen molar-refractivity contribution in [2.24, 2.45) is 0 Å². The average molecular weight is 421 g/mol. The zero-order valence-corrected chi connectivity index (χ0v) is 17.0. The summed E-state index contributed by atoms with van der Waals surface area (Å²) >= 11 is 7.34. The first-order valence-electron chi connectivity index (χ1n) is 9.00. The van der Waals surface area contributed by atoms with E-state index in [2.05, 4.69) is 10.3 Å². The number of amides is 1. The van der Waals surface area contributed by atoms with E-state index in [-0.39, 0.29) is 6.10 Å². The molecule has 1 N–H and O–H groups in total. The molecule has 0 spiro atoms. The van der Waals surface area contributed by atoms with Gasteiger partial charge in [0.05, 0.1) is 16.7 Å². The molecule has 1 saturated heterocycles. The van der Waals surface area contributed by atoms with Gasteiger partial charge in [0.2, 0.25) is 0 Å². The van der Waals surface area contributed by atoms with Crippen LogP contribution in [0.5, 0.6) is 0 Å². The van der Waals surface area contributed by atoms with E-state index in [4.69, 9.17) is 21.1 Å². The Bertz CT molecular complexity index is 825. The van der Waals surface area contributed by atoms with E-state index in [0.717, 1.165) is 30.1 Å². The molecule has 2 aromatic rings. The van der Waals surface area contributed by atoms with E-state index in [0.29, 0.717) is 16.4 Å². The van der Waals surface area contributed by atoms with Crippen LogP contribution in [0.1, 0.15) is 30.1 Å². The predicted molar refractivity (Wildman–Crippen MR) is 109 cm³/mol. The zero-order chi connectivity index (χ0) is 19.9. The van der Waals surface area contributed by atoms with Crippen LogP contribution in [0.2, 0.25) is 5.02 Å². The monoisotopic (exact) mass is 420 g/mol. The second-order valence-electron chi connectivity index (χ2n) is 6.34. The number of rotatable bonds is 7. The molecule has 3 rings (SSSR count). The lowest BCUT2D eigenvalue weighted by Crippen LogP contribution is -2.30. The Morgan fingerprint density at radius 2 is 2.18 bits per heavy atom. The number of nitrogens with zero attached hydrogens (tertiary/aromatic N) is 1. The number of carbonyl (C=O) groups excluding carboxylic acids is 2. The van der Waals surface area contributed by atoms with Gasteiger partial charge in [-0.15, -0.1) is 11.8 Å². The number of nitrogens with one attached hydrogen (secondary N) is 1. The molecule has 1 aliphatic rings. The van der Waals surface area contributed by atoms with Crippen molar-refractivity contribution in [3.05, 3.63) is 53.2 Å². The summed E-state index contributed by atoms with van der Waals surface area (Å²) in [5.74, 6) is 0.113. The number of carbonyl (C=O) groups is 2. The Hall–Kier alpha value is -2.09. The van der Waals surface area contributed by atoms with Crippen LogP contribution < -0.4 is 5.32 Å². The van der Waals surface area contributed by atoms with Gasteiger partial charge < -0.3 is 14.8 Å². The summed E-state index contributed by atoms with van der Waals surface area (Å²) in [5.41, 5.74) is 0.440. The first-order valence-corrected chi connectivity index (χ1v) is 10.4. The lowest BCUT2D eigenvalue weighted by atomic mass is 10.2. The molecular formula is C20H21ClN2O4S. The van der Waals surface area contributed by atoms with Gasteiger partial charge in [-0.25, -0.2) is 9.78 Å². The number of hydrogen-bond acceptors (Lipinski definition) is 6. The second kappa shape index (κ2) is 9.91. The fourth-order valence-electron chi connectivity index (χ4n) is 2.67. The topological polar surface area (TPSA) is 77.5 Å². The van der Waals surface area contributed by atoms with Crippen molar-refractivity contribution in [3.8, 4) is 0 Å². The summed E-state index contributed by atoms with van der Waals surface area (Å²) in [5, 5.41) is 3.06. The zero-order valence-electron chi connectivity index (χ0n) is 15.4. The molecule has 1 aromatic carbocycles. The highest BCUT2D eigenvalue weighted by Gasteiger charge is 2.22. The van der Waals surface area contributed by atoms with Gasteiger partial charge in [0, 0.05) is 23.5 Å². The number of halogens is 1. The summed E-state index contributed by atoms with van der Waals surface area (Å²) in [6.45, 7) is 2.31. The number of ether oxygens (including phenoxy) is 2. The van der Waals surface area contributed by atoms with Gasteiger partial charge in [-0.1, -0.05) is 23.7 Å². The van der Waals surface area contributed by atoms with Crippen molar-refractivity contribution in [1.29, 1.82) is 0 Å². The molecule has 0 unspecified atom stereocenters. The first-order chi connectivity index (χ1) is 13.5. The summed E-state index contributed by atoms with van der Waals surface area (Å²) in [6.07, 6.45) is 2.78. The number of esters is 1. The van der Waals surface area contributed by atoms with Crippen molar-refractivity contribution in [2.45, 2.75) is 36.9 Å². The Labute approximate surface area is 173 Å². The van der Waals surface area contributed by atoms with Gasteiger partial charge >= 0.3 is 5.97 Å². The molecule has 1 aliphatic heterocycles. The van der Waals surface area contributed by atoms with Crippen LogP contribution in [-0.2, 0) is 14.3 Å². The van der Waals surface area contributed by atoms with E-state index < -0.39 is 18.0 Å². The standard InChI is InChI=1S/C20H21ClN2O4S/c1-13(19(24)23-18-9-8-14(21)11-22-18)27-20(25)16-6-2-3-7-17(16)28-12-15-5-4-10-26-15/h2-3,6-9,11,13,15H,4-5,10,12H2,1H3,(H,22,23,24)/t13-,15-/m1/s1. The molecular weight excluding hydrogens is 400 g/mol. The third-order valence-electron chi connectivity index (χ3n) is 4.19. The highest BCUT2D eigenvalue weighted by atomic mass is 35.5. The van der Waals surface area contributed by atoms with Crippen molar-refractivity contribution >= 4 is 41.1 Å². The second-order valence-corrected chi connectivity index (χ2v) is 7.84. The van der Waals surface area contributed by atoms with Gasteiger partial charge in [0.25, 0.3) is 5.91 Å². The SMILES string of the molecule is C[C@@H](OC(=O)c1ccccc1SC[C@H]1CCCO1)C(=O)Nc1ccc(Cl)cn1. The lowest BCUT2D eigenvalue weighted by Gasteiger charge is -2.15. The van der Waals surface area contributed by atoms with Crippen LogP contribution in [0.15, 0.2) is 47.5 Å². The molecule has 1 fully saturated rings. The Kier molecular flexibility index (Phi) is 7.30. The minimum Gasteiger partial charge on any atom is -0.449 e. The number of aromatic nitrogens is 1. The predicted octanol–water partition coefficient (Wildman–Crippen LogP) is 4.19. The molecule has 6 nitrogen and oxygen atoms in total. The molecule has 0 bridgehead atoms. The molecule has 8 heteroatoms. The fourth-order valence-corrected chi connectivity index (χ4v) is 3.90. The van der Waals surface area contributed by atoms with Crippen molar-refractivity contribution in [3.63, 3.8) is 0 Å². The third kappa shape index (κ3) is 5.70. The molecule has 2 atom stereocenters. The van der Waals surface area contributed by atoms with Crippen LogP contribution in [-0.4, -0.2) is 41.4 Å². The summed E-state index contributed by atoms with van der Waals surface area (Å²) in [7, 11) is 0. The third-order valence-corrected chi connectivity index (χ3v) is 5.62. The van der Waals surface area contributed by atoms with Crippen molar-refractivity contribution < 1.29 is 19.1 Å². The average Bonchev–Trinajstić information content (AvgIpc) is 3.22. The van der Waals surface area contributed by atoms with Crippen LogP contribution in [0.4, 0.5) is 5.82 Å². The fraction of sp³-hybridized carbons (Fsp3) is 0.350. The van der Waals surface area contributed by atoms with Gasteiger partial charge in [0.1, 0.15) is 5.82 Å². The number of thioether (sulfide) groups is 1. The van der Waals surface area contributed by atoms with Gasteiger partial charge in [-0.2, -0.15) is 0 Å². The first kappa shape index (κ1) is 20.6. The summed E-state index contributed by atoms with van der Waals surface area (Å²) in [6, 6.07) is 10.4. The Balaban J connectivity index is 1.58. The molecule has 28 heavy (non-hydrogen) atoms. The maximum atomic E-state index is 12.6. The highest BCUT2D eigenvalue weighted by molar-refractivity contribution is 7.99. The molecule has 0 saturated carbocycles. The lowest BCUT2D eigenvalue weighted by molar-refractivity contribution is -0.123. The van der Waals surface area contributed by atoms with E-state index in [1.807, 2.05) is 12.1 Å². The number of benzene rings is 1. The molecule has 0 radical (unpaired) electrons. The van der Waals surface area contributed by atoms with Gasteiger partial charge in [-0.05, 0) is 44.0 Å². The minimum absolute atomic E-state index is 0.214. The quantitative estimate of drug-likeness (QED) is 0.534. The van der Waals surface area contributed by atoms with E-state index in [9.17, 15) is 9.59 Å². The highest BCUT2D eigenvalue weighted by Crippen LogP contribution is 2.27. The minimum atomic E-state index is -0.971. The van der Waals surface area contributed by atoms with Gasteiger partial charge in [-0.3, -0.25) is 4.79 Å². The number of hydrogen-bond donors (Lipinski definition) is 1. The molecule has 1 amide bonds. The maximum absolute atomic E-state index is 12.6. The van der Waals surface area contributed by atoms with Crippen molar-refractivity contribution in [2.75, 3.05) is 17.7 Å². The number of anilines is 1. The normalized spacial score (nSPS) is 17.1. The van der Waals surface area contributed by atoms with E-state index >= 15 is 0 Å². The van der Waals surface area contributed by atoms with Crippen LogP contribution in [0.25, 0.3) is 0 Å². The molecule has 2 heterocycles. The van der Waals surface area contributed by atoms with Crippen LogP contribution in [0, 0.1) is 0 Å². The smallest absolute Gasteiger partial charge is 0.340 e. The van der Waals surface area contributed by atoms with Crippen LogP contribution in [0.3, 0.4) is 0 Å².